The van der Waals surface area contributed by atoms with Crippen LogP contribution in [-0.4, -0.2) is 35.7 Å². The van der Waals surface area contributed by atoms with Crippen LogP contribution in [-0.2, 0) is 4.74 Å². The summed E-state index contributed by atoms with van der Waals surface area (Å²) < 4.78 is 10.7. The van der Waals surface area contributed by atoms with Gasteiger partial charge in [0.05, 0.1) is 6.10 Å². The molecule has 3 unspecified atom stereocenters. The predicted molar refractivity (Wildman–Crippen MR) is 68.5 cm³/mol. The van der Waals surface area contributed by atoms with Crippen molar-refractivity contribution < 1.29 is 23.8 Å². The zero-order chi connectivity index (χ0) is 14.5. The quantitative estimate of drug-likeness (QED) is 0.875. The van der Waals surface area contributed by atoms with Gasteiger partial charge in [0.2, 0.25) is 5.76 Å². The molecule has 1 aliphatic carbocycles. The van der Waals surface area contributed by atoms with Crippen LogP contribution in [0, 0.1) is 11.3 Å². The number of fused-ring (bicyclic) bond motifs is 1. The Kier molecular flexibility index (Phi) is 2.86. The number of furan rings is 1. The van der Waals surface area contributed by atoms with Crippen LogP contribution in [0.1, 0.15) is 41.4 Å². The summed E-state index contributed by atoms with van der Waals surface area (Å²) in [6.45, 7) is 4.86. The number of amides is 1. The molecule has 2 N–H and O–H groups in total. The van der Waals surface area contributed by atoms with Crippen molar-refractivity contribution in [1.82, 2.24) is 5.32 Å². The molecule has 108 valence electrons. The number of hydrogen-bond acceptors (Lipinski definition) is 4. The normalized spacial score (nSPS) is 30.4. The maximum Gasteiger partial charge on any atom is 0.371 e. The van der Waals surface area contributed by atoms with Crippen molar-refractivity contribution in [2.75, 3.05) is 6.61 Å². The monoisotopic (exact) mass is 279 g/mol. The van der Waals surface area contributed by atoms with Gasteiger partial charge in [-0.25, -0.2) is 4.79 Å². The average molecular weight is 279 g/mol. The fraction of sp³-hybridized carbons (Fsp3) is 0.571. The van der Waals surface area contributed by atoms with Crippen LogP contribution >= 0.6 is 0 Å². The molecule has 1 aliphatic heterocycles. The van der Waals surface area contributed by atoms with Gasteiger partial charge in [-0.3, -0.25) is 4.79 Å². The Morgan fingerprint density at radius 1 is 1.35 bits per heavy atom. The molecule has 1 saturated heterocycles. The number of carboxylic acid groups (broad SMARTS) is 1. The lowest BCUT2D eigenvalue weighted by atomic mass is 9.57. The summed E-state index contributed by atoms with van der Waals surface area (Å²) in [6.07, 6.45) is 1.14. The minimum atomic E-state index is -1.18. The molecule has 1 amide bonds. The van der Waals surface area contributed by atoms with E-state index >= 15 is 0 Å². The minimum absolute atomic E-state index is 0.0283. The molecular weight excluding hydrogens is 262 g/mol. The Bertz CT molecular complexity index is 562. The van der Waals surface area contributed by atoms with E-state index in [1.165, 1.54) is 12.1 Å². The summed E-state index contributed by atoms with van der Waals surface area (Å²) in [6, 6.07) is 2.69. The SMILES string of the molecule is CC1(C)C(NC(=O)c2ccc(C(=O)O)o2)C2CCOC21. The molecule has 6 nitrogen and oxygen atoms in total. The van der Waals surface area contributed by atoms with E-state index in [-0.39, 0.29) is 35.0 Å². The van der Waals surface area contributed by atoms with E-state index in [0.29, 0.717) is 5.92 Å². The van der Waals surface area contributed by atoms with Crippen molar-refractivity contribution in [1.29, 1.82) is 0 Å². The molecule has 2 fully saturated rings. The lowest BCUT2D eigenvalue weighted by Gasteiger charge is -2.54. The number of aromatic carboxylic acids is 1. The van der Waals surface area contributed by atoms with E-state index in [1.807, 2.05) is 0 Å². The average Bonchev–Trinajstić information content (AvgIpc) is 3.03. The topological polar surface area (TPSA) is 88.8 Å². The number of carboxylic acids is 1. The van der Waals surface area contributed by atoms with Gasteiger partial charge in [-0.2, -0.15) is 0 Å². The van der Waals surface area contributed by atoms with Crippen molar-refractivity contribution in [2.45, 2.75) is 32.4 Å². The second-order valence-electron chi connectivity index (χ2n) is 5.99. The first-order chi connectivity index (χ1) is 9.41. The maximum atomic E-state index is 12.1. The highest BCUT2D eigenvalue weighted by Gasteiger charge is 2.59. The molecule has 0 spiro atoms. The molecule has 0 aromatic carbocycles. The molecule has 1 aromatic rings. The van der Waals surface area contributed by atoms with Crippen molar-refractivity contribution >= 4 is 11.9 Å². The van der Waals surface area contributed by atoms with E-state index in [0.717, 1.165) is 13.0 Å². The molecular formula is C14H17NO5. The van der Waals surface area contributed by atoms with Gasteiger partial charge in [-0.15, -0.1) is 0 Å². The lowest BCUT2D eigenvalue weighted by molar-refractivity contribution is -0.109. The fourth-order valence-electron chi connectivity index (χ4n) is 3.40. The van der Waals surface area contributed by atoms with Crippen LogP contribution in [0.5, 0.6) is 0 Å². The predicted octanol–water partition coefficient (Wildman–Crippen LogP) is 1.52. The zero-order valence-corrected chi connectivity index (χ0v) is 11.4. The van der Waals surface area contributed by atoms with Gasteiger partial charge < -0.3 is 19.6 Å². The second-order valence-corrected chi connectivity index (χ2v) is 5.99. The molecule has 2 heterocycles. The Hall–Kier alpha value is -1.82. The Morgan fingerprint density at radius 3 is 2.70 bits per heavy atom. The van der Waals surface area contributed by atoms with Crippen LogP contribution in [0.3, 0.4) is 0 Å². The number of carbonyl (C=O) groups is 2. The smallest absolute Gasteiger partial charge is 0.371 e. The van der Waals surface area contributed by atoms with Gasteiger partial charge in [0.1, 0.15) is 0 Å². The Labute approximate surface area is 116 Å². The fourth-order valence-corrected chi connectivity index (χ4v) is 3.40. The van der Waals surface area contributed by atoms with E-state index in [4.69, 9.17) is 14.3 Å². The summed E-state index contributed by atoms with van der Waals surface area (Å²) in [4.78, 5) is 22.9. The standard InChI is InChI=1S/C14H17NO5/c1-14(2)10(7-5-6-19-11(7)14)15-12(16)8-3-4-9(20-8)13(17)18/h3-4,7,10-11H,5-6H2,1-2H3,(H,15,16)(H,17,18). The van der Waals surface area contributed by atoms with Gasteiger partial charge in [-0.1, -0.05) is 13.8 Å². The third-order valence-electron chi connectivity index (χ3n) is 4.43. The number of rotatable bonds is 3. The molecule has 1 saturated carbocycles. The molecule has 6 heteroatoms. The first-order valence-electron chi connectivity index (χ1n) is 6.67. The highest BCUT2D eigenvalue weighted by Crippen LogP contribution is 2.52. The number of nitrogens with one attached hydrogen (secondary N) is 1. The molecule has 3 rings (SSSR count). The molecule has 2 aliphatic rings. The van der Waals surface area contributed by atoms with Crippen LogP contribution < -0.4 is 5.32 Å². The summed E-state index contributed by atoms with van der Waals surface area (Å²) in [5, 5.41) is 11.7. The first-order valence-corrected chi connectivity index (χ1v) is 6.67. The van der Waals surface area contributed by atoms with E-state index in [1.54, 1.807) is 0 Å². The number of carbonyl (C=O) groups excluding carboxylic acids is 1. The van der Waals surface area contributed by atoms with Crippen LogP contribution in [0.25, 0.3) is 0 Å². The zero-order valence-electron chi connectivity index (χ0n) is 11.4. The number of ether oxygens (including phenoxy) is 1. The molecule has 0 bridgehead atoms. The van der Waals surface area contributed by atoms with Gasteiger partial charge >= 0.3 is 5.97 Å². The number of hydrogen-bond donors (Lipinski definition) is 2. The Balaban J connectivity index is 1.71. The first kappa shape index (κ1) is 13.2. The van der Waals surface area contributed by atoms with Gasteiger partial charge in [-0.05, 0) is 18.6 Å². The van der Waals surface area contributed by atoms with Crippen molar-refractivity contribution in [3.05, 3.63) is 23.7 Å². The highest BCUT2D eigenvalue weighted by atomic mass is 16.5. The lowest BCUT2D eigenvalue weighted by Crippen LogP contribution is -2.66. The Morgan fingerprint density at radius 2 is 2.05 bits per heavy atom. The minimum Gasteiger partial charge on any atom is -0.475 e. The molecule has 3 atom stereocenters. The van der Waals surface area contributed by atoms with Crippen molar-refractivity contribution in [3.63, 3.8) is 0 Å². The van der Waals surface area contributed by atoms with Gasteiger partial charge in [0.25, 0.3) is 5.91 Å². The maximum absolute atomic E-state index is 12.1. The third kappa shape index (κ3) is 1.83. The summed E-state index contributed by atoms with van der Waals surface area (Å²) in [7, 11) is 0. The van der Waals surface area contributed by atoms with Crippen LogP contribution in [0.15, 0.2) is 16.5 Å². The summed E-state index contributed by atoms with van der Waals surface area (Å²) in [5.74, 6) is -1.42. The van der Waals surface area contributed by atoms with E-state index < -0.39 is 5.97 Å². The van der Waals surface area contributed by atoms with Crippen molar-refractivity contribution in [3.8, 4) is 0 Å². The van der Waals surface area contributed by atoms with E-state index in [2.05, 4.69) is 19.2 Å². The molecule has 1 aromatic heterocycles. The molecule has 20 heavy (non-hydrogen) atoms. The van der Waals surface area contributed by atoms with E-state index in [9.17, 15) is 9.59 Å². The second kappa shape index (κ2) is 4.34. The summed E-state index contributed by atoms with van der Waals surface area (Å²) >= 11 is 0. The van der Waals surface area contributed by atoms with Crippen LogP contribution in [0.2, 0.25) is 0 Å². The largest absolute Gasteiger partial charge is 0.475 e. The molecule has 0 radical (unpaired) electrons. The third-order valence-corrected chi connectivity index (χ3v) is 4.43. The summed E-state index contributed by atoms with van der Waals surface area (Å²) in [5.41, 5.74) is -0.112. The van der Waals surface area contributed by atoms with Crippen molar-refractivity contribution in [2.24, 2.45) is 11.3 Å². The highest BCUT2D eigenvalue weighted by molar-refractivity contribution is 5.93. The van der Waals surface area contributed by atoms with Gasteiger partial charge in [0.15, 0.2) is 5.76 Å². The van der Waals surface area contributed by atoms with Crippen LogP contribution in [0.4, 0.5) is 0 Å². The van der Waals surface area contributed by atoms with Gasteiger partial charge in [0, 0.05) is 24.0 Å².